The van der Waals surface area contributed by atoms with Crippen LogP contribution in [-0.4, -0.2) is 29.8 Å². The van der Waals surface area contributed by atoms with Crippen LogP contribution in [0, 0.1) is 5.82 Å². The molecule has 0 spiro atoms. The van der Waals surface area contributed by atoms with Gasteiger partial charge in [-0.1, -0.05) is 18.2 Å². The van der Waals surface area contributed by atoms with E-state index in [0.29, 0.717) is 12.1 Å². The molecule has 1 aliphatic heterocycles. The van der Waals surface area contributed by atoms with E-state index in [0.717, 1.165) is 0 Å². The van der Waals surface area contributed by atoms with Crippen LogP contribution in [0.4, 0.5) is 9.18 Å². The Labute approximate surface area is 98.4 Å². The number of halogens is 1. The molecule has 1 aromatic rings. The SMILES string of the molecule is CC(=O)CN1CC(c2ccccc2F)NC1=O. The third-order valence-corrected chi connectivity index (χ3v) is 2.68. The van der Waals surface area contributed by atoms with Gasteiger partial charge in [0.25, 0.3) is 0 Å². The number of rotatable bonds is 3. The maximum atomic E-state index is 13.5. The Morgan fingerprint density at radius 3 is 2.88 bits per heavy atom. The van der Waals surface area contributed by atoms with E-state index >= 15 is 0 Å². The summed E-state index contributed by atoms with van der Waals surface area (Å²) in [5, 5.41) is 2.66. The van der Waals surface area contributed by atoms with Gasteiger partial charge in [-0.25, -0.2) is 9.18 Å². The predicted octanol–water partition coefficient (Wildman–Crippen LogP) is 1.48. The maximum Gasteiger partial charge on any atom is 0.318 e. The molecule has 1 N–H and O–H groups in total. The van der Waals surface area contributed by atoms with Gasteiger partial charge in [0.15, 0.2) is 0 Å². The largest absolute Gasteiger partial charge is 0.329 e. The molecule has 1 aromatic carbocycles. The fourth-order valence-corrected chi connectivity index (χ4v) is 1.93. The van der Waals surface area contributed by atoms with Gasteiger partial charge in [0.2, 0.25) is 0 Å². The van der Waals surface area contributed by atoms with Crippen LogP contribution in [0.15, 0.2) is 24.3 Å². The molecule has 0 saturated carbocycles. The molecule has 0 bridgehead atoms. The monoisotopic (exact) mass is 236 g/mol. The van der Waals surface area contributed by atoms with E-state index in [1.165, 1.54) is 17.9 Å². The number of carbonyl (C=O) groups excluding carboxylic acids is 2. The Bertz CT molecular complexity index is 462. The first-order chi connectivity index (χ1) is 8.08. The third kappa shape index (κ3) is 2.43. The summed E-state index contributed by atoms with van der Waals surface area (Å²) >= 11 is 0. The molecule has 0 aliphatic carbocycles. The quantitative estimate of drug-likeness (QED) is 0.864. The second kappa shape index (κ2) is 4.53. The van der Waals surface area contributed by atoms with Gasteiger partial charge < -0.3 is 10.2 Å². The summed E-state index contributed by atoms with van der Waals surface area (Å²) in [7, 11) is 0. The van der Waals surface area contributed by atoms with Crippen LogP contribution < -0.4 is 5.32 Å². The van der Waals surface area contributed by atoms with Gasteiger partial charge in [-0.3, -0.25) is 4.79 Å². The summed E-state index contributed by atoms with van der Waals surface area (Å²) in [6.07, 6.45) is 0. The molecule has 90 valence electrons. The van der Waals surface area contributed by atoms with Gasteiger partial charge in [-0.05, 0) is 13.0 Å². The molecule has 5 heteroatoms. The minimum Gasteiger partial charge on any atom is -0.329 e. The highest BCUT2D eigenvalue weighted by molar-refractivity contribution is 5.85. The second-order valence-electron chi connectivity index (χ2n) is 4.11. The zero-order valence-electron chi connectivity index (χ0n) is 9.44. The number of hydrogen-bond donors (Lipinski definition) is 1. The van der Waals surface area contributed by atoms with Gasteiger partial charge in [0.1, 0.15) is 11.6 Å². The van der Waals surface area contributed by atoms with Crippen LogP contribution in [0.2, 0.25) is 0 Å². The zero-order valence-corrected chi connectivity index (χ0v) is 9.44. The van der Waals surface area contributed by atoms with E-state index < -0.39 is 0 Å². The van der Waals surface area contributed by atoms with Crippen molar-refractivity contribution in [3.8, 4) is 0 Å². The number of nitrogens with zero attached hydrogens (tertiary/aromatic N) is 1. The molecule has 1 unspecified atom stereocenters. The predicted molar refractivity (Wildman–Crippen MR) is 59.9 cm³/mol. The fraction of sp³-hybridized carbons (Fsp3) is 0.333. The molecule has 1 aliphatic rings. The van der Waals surface area contributed by atoms with Gasteiger partial charge >= 0.3 is 6.03 Å². The van der Waals surface area contributed by atoms with Gasteiger partial charge in [-0.15, -0.1) is 0 Å². The van der Waals surface area contributed by atoms with E-state index in [4.69, 9.17) is 0 Å². The Morgan fingerprint density at radius 2 is 2.24 bits per heavy atom. The molecular formula is C12H13FN2O2. The number of urea groups is 1. The summed E-state index contributed by atoms with van der Waals surface area (Å²) in [5.41, 5.74) is 0.451. The smallest absolute Gasteiger partial charge is 0.318 e. The van der Waals surface area contributed by atoms with Crippen molar-refractivity contribution in [2.24, 2.45) is 0 Å². The molecule has 1 heterocycles. The number of nitrogens with one attached hydrogen (secondary N) is 1. The number of benzene rings is 1. The lowest BCUT2D eigenvalue weighted by Crippen LogP contribution is -2.32. The lowest BCUT2D eigenvalue weighted by molar-refractivity contribution is -0.117. The molecule has 2 rings (SSSR count). The highest BCUT2D eigenvalue weighted by Gasteiger charge is 2.31. The Hall–Kier alpha value is -1.91. The van der Waals surface area contributed by atoms with Crippen molar-refractivity contribution < 1.29 is 14.0 Å². The Kier molecular flexibility index (Phi) is 3.08. The molecule has 1 atom stereocenters. The first-order valence-corrected chi connectivity index (χ1v) is 5.37. The minimum absolute atomic E-state index is 0.0663. The van der Waals surface area contributed by atoms with Gasteiger partial charge in [0.05, 0.1) is 12.6 Å². The van der Waals surface area contributed by atoms with Crippen LogP contribution in [0.3, 0.4) is 0 Å². The summed E-state index contributed by atoms with van der Waals surface area (Å²) in [5.74, 6) is -0.434. The van der Waals surface area contributed by atoms with E-state index in [2.05, 4.69) is 5.32 Å². The van der Waals surface area contributed by atoms with Crippen molar-refractivity contribution in [1.29, 1.82) is 0 Å². The highest BCUT2D eigenvalue weighted by Crippen LogP contribution is 2.22. The second-order valence-corrected chi connectivity index (χ2v) is 4.11. The number of hydrogen-bond acceptors (Lipinski definition) is 2. The summed E-state index contributed by atoms with van der Waals surface area (Å²) < 4.78 is 13.5. The van der Waals surface area contributed by atoms with Crippen LogP contribution in [0.1, 0.15) is 18.5 Å². The molecular weight excluding hydrogens is 223 g/mol. The first kappa shape index (κ1) is 11.6. The van der Waals surface area contributed by atoms with Crippen LogP contribution >= 0.6 is 0 Å². The lowest BCUT2D eigenvalue weighted by atomic mass is 10.1. The van der Waals surface area contributed by atoms with E-state index in [1.807, 2.05) is 0 Å². The van der Waals surface area contributed by atoms with Crippen molar-refractivity contribution in [3.05, 3.63) is 35.6 Å². The van der Waals surface area contributed by atoms with Crippen LogP contribution in [0.5, 0.6) is 0 Å². The number of carbonyl (C=O) groups is 2. The molecule has 2 amide bonds. The molecule has 0 radical (unpaired) electrons. The number of amides is 2. The average molecular weight is 236 g/mol. The first-order valence-electron chi connectivity index (χ1n) is 5.37. The fourth-order valence-electron chi connectivity index (χ4n) is 1.93. The topological polar surface area (TPSA) is 49.4 Å². The normalized spacial score (nSPS) is 19.3. The summed E-state index contributed by atoms with van der Waals surface area (Å²) in [6.45, 7) is 1.81. The van der Waals surface area contributed by atoms with Crippen molar-refractivity contribution in [2.45, 2.75) is 13.0 Å². The van der Waals surface area contributed by atoms with Crippen molar-refractivity contribution in [2.75, 3.05) is 13.1 Å². The third-order valence-electron chi connectivity index (χ3n) is 2.68. The Morgan fingerprint density at radius 1 is 1.53 bits per heavy atom. The zero-order chi connectivity index (χ0) is 12.4. The van der Waals surface area contributed by atoms with Gasteiger partial charge in [0, 0.05) is 12.1 Å². The van der Waals surface area contributed by atoms with Gasteiger partial charge in [-0.2, -0.15) is 0 Å². The molecule has 17 heavy (non-hydrogen) atoms. The molecule has 1 saturated heterocycles. The highest BCUT2D eigenvalue weighted by atomic mass is 19.1. The maximum absolute atomic E-state index is 13.5. The molecule has 1 fully saturated rings. The minimum atomic E-state index is -0.386. The lowest BCUT2D eigenvalue weighted by Gasteiger charge is -2.12. The molecule has 0 aromatic heterocycles. The summed E-state index contributed by atoms with van der Waals surface area (Å²) in [4.78, 5) is 23.9. The number of ketones is 1. The van der Waals surface area contributed by atoms with E-state index in [-0.39, 0.29) is 30.2 Å². The van der Waals surface area contributed by atoms with Crippen LogP contribution in [-0.2, 0) is 4.79 Å². The standard InChI is InChI=1S/C12H13FN2O2/c1-8(16)6-15-7-11(14-12(15)17)9-4-2-3-5-10(9)13/h2-5,11H,6-7H2,1H3,(H,14,17). The van der Waals surface area contributed by atoms with Crippen molar-refractivity contribution in [3.63, 3.8) is 0 Å². The van der Waals surface area contributed by atoms with E-state index in [1.54, 1.807) is 18.2 Å². The van der Waals surface area contributed by atoms with Crippen LogP contribution in [0.25, 0.3) is 0 Å². The summed E-state index contributed by atoms with van der Waals surface area (Å²) in [6, 6.07) is 5.60. The van der Waals surface area contributed by atoms with Crippen molar-refractivity contribution >= 4 is 11.8 Å². The van der Waals surface area contributed by atoms with E-state index in [9.17, 15) is 14.0 Å². The van der Waals surface area contributed by atoms with Crippen molar-refractivity contribution in [1.82, 2.24) is 10.2 Å². The average Bonchev–Trinajstić information content (AvgIpc) is 2.60. The molecule has 4 nitrogen and oxygen atoms in total. The Balaban J connectivity index is 2.14. The number of Topliss-reactive ketones (excluding diaryl/α,β-unsaturated/α-hetero) is 1.